The summed E-state index contributed by atoms with van der Waals surface area (Å²) in [5, 5.41) is 10.0. The lowest BCUT2D eigenvalue weighted by Crippen LogP contribution is -2.52. The van der Waals surface area contributed by atoms with Crippen LogP contribution in [0, 0.1) is 0 Å². The van der Waals surface area contributed by atoms with Crippen LogP contribution in [0.5, 0.6) is 11.5 Å². The number of methoxy groups -OCH3 is 2. The molecule has 2 aromatic rings. The van der Waals surface area contributed by atoms with E-state index in [1.807, 2.05) is 22.9 Å². The third-order valence-electron chi connectivity index (χ3n) is 6.60. The van der Waals surface area contributed by atoms with E-state index in [2.05, 4.69) is 34.7 Å². The SMILES string of the molecule is COc1ccc([C@@]23CC[C@@H](NC(=O)Nc4ccsc4)C[C@@H]2N(C)CC3)cc1OC. The number of hydrogen-bond donors (Lipinski definition) is 2. The highest BCUT2D eigenvalue weighted by Crippen LogP contribution is 2.49. The molecule has 2 aliphatic rings. The molecule has 2 N–H and O–H groups in total. The number of likely N-dealkylation sites (N-methyl/N-ethyl adjacent to an activating group) is 1. The number of amides is 2. The molecule has 0 unspecified atom stereocenters. The molecule has 1 saturated carbocycles. The van der Waals surface area contributed by atoms with Gasteiger partial charge >= 0.3 is 6.03 Å². The fourth-order valence-corrected chi connectivity index (χ4v) is 5.67. The van der Waals surface area contributed by atoms with Gasteiger partial charge in [-0.05, 0) is 68.4 Å². The van der Waals surface area contributed by atoms with E-state index in [1.54, 1.807) is 25.6 Å². The molecule has 6 nitrogen and oxygen atoms in total. The largest absolute Gasteiger partial charge is 0.493 e. The Balaban J connectivity index is 1.50. The monoisotopic (exact) mass is 415 g/mol. The van der Waals surface area contributed by atoms with Gasteiger partial charge in [-0.3, -0.25) is 0 Å². The number of carbonyl (C=O) groups excluding carboxylic acids is 1. The van der Waals surface area contributed by atoms with Crippen molar-refractivity contribution in [3.8, 4) is 11.5 Å². The standard InChI is InChI=1S/C22H29N3O3S/c1-25-10-9-22(15-4-5-18(27-2)19(12-15)28-3)8-6-16(13-20(22)25)23-21(26)24-17-7-11-29-14-17/h4-5,7,11-12,14,16,20H,6,8-10,13H2,1-3H3,(H2,23,24,26)/t16-,20+,22+/m1/s1. The Morgan fingerprint density at radius 1 is 1.21 bits per heavy atom. The molecule has 1 aromatic heterocycles. The molecule has 1 saturated heterocycles. The minimum atomic E-state index is -0.118. The Hall–Kier alpha value is -2.25. The number of rotatable bonds is 5. The number of hydrogen-bond acceptors (Lipinski definition) is 5. The van der Waals surface area contributed by atoms with Crippen LogP contribution in [0.2, 0.25) is 0 Å². The molecular weight excluding hydrogens is 386 g/mol. The maximum atomic E-state index is 12.4. The number of urea groups is 1. The van der Waals surface area contributed by atoms with Gasteiger partial charge in [0.2, 0.25) is 0 Å². The smallest absolute Gasteiger partial charge is 0.319 e. The van der Waals surface area contributed by atoms with E-state index in [4.69, 9.17) is 9.47 Å². The summed E-state index contributed by atoms with van der Waals surface area (Å²) in [5.41, 5.74) is 2.25. The molecule has 156 valence electrons. The summed E-state index contributed by atoms with van der Waals surface area (Å²) in [6, 6.07) is 8.70. The number of thiophene rings is 1. The molecule has 1 aliphatic carbocycles. The summed E-state index contributed by atoms with van der Waals surface area (Å²) in [7, 11) is 5.55. The first-order chi connectivity index (χ1) is 14.1. The number of fused-ring (bicyclic) bond motifs is 1. The second kappa shape index (κ2) is 8.24. The average molecular weight is 416 g/mol. The molecule has 2 heterocycles. The zero-order valence-electron chi connectivity index (χ0n) is 17.2. The Labute approximate surface area is 176 Å². The lowest BCUT2D eigenvalue weighted by molar-refractivity contribution is 0.156. The molecule has 29 heavy (non-hydrogen) atoms. The first kappa shape index (κ1) is 20.0. The zero-order valence-corrected chi connectivity index (χ0v) is 18.1. The average Bonchev–Trinajstić information content (AvgIpc) is 3.36. The minimum Gasteiger partial charge on any atom is -0.493 e. The van der Waals surface area contributed by atoms with E-state index in [0.29, 0.717) is 6.04 Å². The van der Waals surface area contributed by atoms with Crippen molar-refractivity contribution in [2.45, 2.75) is 43.2 Å². The van der Waals surface area contributed by atoms with Crippen LogP contribution in [0.25, 0.3) is 0 Å². The topological polar surface area (TPSA) is 62.8 Å². The summed E-state index contributed by atoms with van der Waals surface area (Å²) in [6.07, 6.45) is 4.08. The molecule has 4 rings (SSSR count). The van der Waals surface area contributed by atoms with Crippen molar-refractivity contribution in [1.82, 2.24) is 10.2 Å². The van der Waals surface area contributed by atoms with Crippen molar-refractivity contribution >= 4 is 23.1 Å². The normalized spacial score (nSPS) is 26.6. The van der Waals surface area contributed by atoms with E-state index in [1.165, 1.54) is 5.56 Å². The van der Waals surface area contributed by atoms with Crippen LogP contribution in [0.1, 0.15) is 31.2 Å². The zero-order chi connectivity index (χ0) is 20.4. The fraction of sp³-hybridized carbons (Fsp3) is 0.500. The number of benzene rings is 1. The van der Waals surface area contributed by atoms with E-state index in [-0.39, 0.29) is 17.5 Å². The van der Waals surface area contributed by atoms with Gasteiger partial charge in [0, 0.05) is 22.9 Å². The van der Waals surface area contributed by atoms with Crippen LogP contribution in [0.15, 0.2) is 35.0 Å². The predicted octanol–water partition coefficient (Wildman–Crippen LogP) is 4.08. The van der Waals surface area contributed by atoms with Crippen LogP contribution in [-0.4, -0.2) is 50.8 Å². The van der Waals surface area contributed by atoms with Gasteiger partial charge in [0.25, 0.3) is 0 Å². The number of anilines is 1. The molecule has 0 spiro atoms. The van der Waals surface area contributed by atoms with Gasteiger partial charge in [-0.2, -0.15) is 11.3 Å². The third kappa shape index (κ3) is 3.81. The van der Waals surface area contributed by atoms with Crippen molar-refractivity contribution < 1.29 is 14.3 Å². The molecule has 1 aromatic carbocycles. The molecule has 0 radical (unpaired) electrons. The number of carbonyl (C=O) groups is 1. The fourth-order valence-electron chi connectivity index (χ4n) is 5.08. The molecule has 1 aliphatic heterocycles. The Kier molecular flexibility index (Phi) is 5.69. The predicted molar refractivity (Wildman–Crippen MR) is 116 cm³/mol. The molecule has 7 heteroatoms. The highest BCUT2D eigenvalue weighted by atomic mass is 32.1. The van der Waals surface area contributed by atoms with Gasteiger partial charge in [0.05, 0.1) is 19.9 Å². The second-order valence-electron chi connectivity index (χ2n) is 8.05. The highest BCUT2D eigenvalue weighted by Gasteiger charge is 2.50. The summed E-state index contributed by atoms with van der Waals surface area (Å²) >= 11 is 1.57. The Morgan fingerprint density at radius 3 is 2.76 bits per heavy atom. The first-order valence-corrected chi connectivity index (χ1v) is 11.0. The first-order valence-electron chi connectivity index (χ1n) is 10.1. The maximum absolute atomic E-state index is 12.4. The maximum Gasteiger partial charge on any atom is 0.319 e. The molecule has 0 bridgehead atoms. The number of ether oxygens (including phenoxy) is 2. The van der Waals surface area contributed by atoms with Gasteiger partial charge in [0.1, 0.15) is 0 Å². The Bertz CT molecular complexity index is 857. The number of nitrogens with one attached hydrogen (secondary N) is 2. The van der Waals surface area contributed by atoms with Crippen LogP contribution in [0.4, 0.5) is 10.5 Å². The van der Waals surface area contributed by atoms with Gasteiger partial charge in [-0.15, -0.1) is 0 Å². The molecular formula is C22H29N3O3S. The summed E-state index contributed by atoms with van der Waals surface area (Å²) in [4.78, 5) is 14.8. The van der Waals surface area contributed by atoms with Gasteiger partial charge in [0.15, 0.2) is 11.5 Å². The Morgan fingerprint density at radius 2 is 2.03 bits per heavy atom. The minimum absolute atomic E-state index is 0.0936. The summed E-state index contributed by atoms with van der Waals surface area (Å²) < 4.78 is 11.0. The number of likely N-dealkylation sites (tertiary alicyclic amines) is 1. The van der Waals surface area contributed by atoms with Gasteiger partial charge in [-0.1, -0.05) is 6.07 Å². The summed E-state index contributed by atoms with van der Waals surface area (Å²) in [6.45, 7) is 1.06. The quantitative estimate of drug-likeness (QED) is 0.772. The number of nitrogens with zero attached hydrogens (tertiary/aromatic N) is 1. The van der Waals surface area contributed by atoms with Gasteiger partial charge in [-0.25, -0.2) is 4.79 Å². The van der Waals surface area contributed by atoms with E-state index in [0.717, 1.165) is 49.4 Å². The van der Waals surface area contributed by atoms with Crippen molar-refractivity contribution in [2.24, 2.45) is 0 Å². The van der Waals surface area contributed by atoms with Crippen molar-refractivity contribution in [3.05, 3.63) is 40.6 Å². The van der Waals surface area contributed by atoms with Gasteiger partial charge < -0.3 is 25.0 Å². The van der Waals surface area contributed by atoms with Crippen molar-refractivity contribution in [3.63, 3.8) is 0 Å². The summed E-state index contributed by atoms with van der Waals surface area (Å²) in [5.74, 6) is 1.54. The molecule has 2 fully saturated rings. The van der Waals surface area contributed by atoms with Crippen LogP contribution in [0.3, 0.4) is 0 Å². The third-order valence-corrected chi connectivity index (χ3v) is 7.28. The highest BCUT2D eigenvalue weighted by molar-refractivity contribution is 7.08. The second-order valence-corrected chi connectivity index (χ2v) is 8.83. The van der Waals surface area contributed by atoms with Crippen molar-refractivity contribution in [1.29, 1.82) is 0 Å². The lowest BCUT2D eigenvalue weighted by Gasteiger charge is -2.45. The molecule has 3 atom stereocenters. The van der Waals surface area contributed by atoms with Crippen LogP contribution < -0.4 is 20.1 Å². The van der Waals surface area contributed by atoms with E-state index < -0.39 is 0 Å². The van der Waals surface area contributed by atoms with Crippen LogP contribution >= 0.6 is 11.3 Å². The van der Waals surface area contributed by atoms with Crippen LogP contribution in [-0.2, 0) is 5.41 Å². The van der Waals surface area contributed by atoms with E-state index in [9.17, 15) is 4.79 Å². The van der Waals surface area contributed by atoms with Crippen molar-refractivity contribution in [2.75, 3.05) is 33.1 Å². The molecule has 2 amide bonds. The lowest BCUT2D eigenvalue weighted by atomic mass is 9.65. The van der Waals surface area contributed by atoms with E-state index >= 15 is 0 Å².